The summed E-state index contributed by atoms with van der Waals surface area (Å²) < 4.78 is 39.4. The SMILES string of the molecule is CC(C)(C)ONC(=O)[C@@H]1[C@@H](O)CCN1C(=O)c1cccc(COc2ccc(-c3cc(F)c(F)c4ccoc34)cc2)c1. The number of likely N-dealkylation sites (tertiary alicyclic amines) is 1. The molecule has 1 aliphatic rings. The van der Waals surface area contributed by atoms with Gasteiger partial charge in [-0.25, -0.2) is 14.3 Å². The number of carbonyl (C=O) groups excluding carboxylic acids is 2. The van der Waals surface area contributed by atoms with E-state index in [1.54, 1.807) is 69.3 Å². The second-order valence-electron chi connectivity index (χ2n) is 10.9. The van der Waals surface area contributed by atoms with Crippen molar-refractivity contribution < 1.29 is 37.5 Å². The predicted molar refractivity (Wildman–Crippen MR) is 147 cm³/mol. The number of aliphatic hydroxyl groups is 1. The normalized spacial score (nSPS) is 17.2. The van der Waals surface area contributed by atoms with E-state index in [-0.39, 0.29) is 36.4 Å². The van der Waals surface area contributed by atoms with Crippen LogP contribution in [0.5, 0.6) is 5.75 Å². The molecule has 2 atom stereocenters. The summed E-state index contributed by atoms with van der Waals surface area (Å²) in [7, 11) is 0. The number of fused-ring (bicyclic) bond motifs is 1. The van der Waals surface area contributed by atoms with Crippen molar-refractivity contribution in [2.75, 3.05) is 6.54 Å². The van der Waals surface area contributed by atoms with E-state index in [4.69, 9.17) is 14.0 Å². The fourth-order valence-electron chi connectivity index (χ4n) is 4.73. The molecule has 0 saturated carbocycles. The van der Waals surface area contributed by atoms with Gasteiger partial charge in [0.15, 0.2) is 11.6 Å². The highest BCUT2D eigenvalue weighted by Crippen LogP contribution is 2.33. The molecule has 41 heavy (non-hydrogen) atoms. The van der Waals surface area contributed by atoms with Gasteiger partial charge < -0.3 is 19.2 Å². The first-order valence-electron chi connectivity index (χ1n) is 13.2. The molecule has 2 N–H and O–H groups in total. The van der Waals surface area contributed by atoms with Gasteiger partial charge in [-0.05, 0) is 74.7 Å². The van der Waals surface area contributed by atoms with E-state index in [0.717, 1.165) is 11.6 Å². The number of hydrogen-bond donors (Lipinski definition) is 2. The summed E-state index contributed by atoms with van der Waals surface area (Å²) in [6.45, 7) is 5.69. The Morgan fingerprint density at radius 1 is 1.10 bits per heavy atom. The Labute approximate surface area is 235 Å². The van der Waals surface area contributed by atoms with Gasteiger partial charge in [0.05, 0.1) is 23.4 Å². The fraction of sp³-hybridized carbons (Fsp3) is 0.290. The highest BCUT2D eigenvalue weighted by atomic mass is 19.2. The molecule has 0 bridgehead atoms. The van der Waals surface area contributed by atoms with E-state index in [0.29, 0.717) is 22.4 Å². The lowest BCUT2D eigenvalue weighted by molar-refractivity contribution is -0.151. The lowest BCUT2D eigenvalue weighted by Gasteiger charge is -2.27. The molecule has 0 spiro atoms. The minimum atomic E-state index is -1.07. The third-order valence-electron chi connectivity index (χ3n) is 6.73. The molecule has 4 aromatic rings. The second kappa shape index (κ2) is 11.3. The van der Waals surface area contributed by atoms with Gasteiger partial charge >= 0.3 is 0 Å². The molecule has 214 valence electrons. The number of amides is 2. The summed E-state index contributed by atoms with van der Waals surface area (Å²) in [6.07, 6.45) is 0.580. The number of carbonyl (C=O) groups is 2. The number of aliphatic hydroxyl groups excluding tert-OH is 1. The van der Waals surface area contributed by atoms with Crippen molar-refractivity contribution in [3.05, 3.63) is 89.7 Å². The molecule has 1 aromatic heterocycles. The van der Waals surface area contributed by atoms with Crippen molar-refractivity contribution >= 4 is 22.8 Å². The van der Waals surface area contributed by atoms with Crippen LogP contribution in [0.3, 0.4) is 0 Å². The van der Waals surface area contributed by atoms with Gasteiger partial charge in [0, 0.05) is 17.7 Å². The first-order chi connectivity index (χ1) is 19.5. The van der Waals surface area contributed by atoms with Crippen molar-refractivity contribution in [3.8, 4) is 16.9 Å². The molecule has 1 fully saturated rings. The van der Waals surface area contributed by atoms with Crippen LogP contribution in [0.1, 0.15) is 43.1 Å². The largest absolute Gasteiger partial charge is 0.489 e. The van der Waals surface area contributed by atoms with E-state index in [1.807, 2.05) is 0 Å². The Balaban J connectivity index is 1.25. The molecule has 1 aliphatic heterocycles. The summed E-state index contributed by atoms with van der Waals surface area (Å²) in [5.74, 6) is -2.36. The van der Waals surface area contributed by atoms with Gasteiger partial charge in [0.25, 0.3) is 11.8 Å². The van der Waals surface area contributed by atoms with Crippen LogP contribution in [0.4, 0.5) is 8.78 Å². The molecule has 3 aromatic carbocycles. The first kappa shape index (κ1) is 28.3. The quantitative estimate of drug-likeness (QED) is 0.293. The van der Waals surface area contributed by atoms with Crippen molar-refractivity contribution in [1.29, 1.82) is 0 Å². The average molecular weight is 565 g/mol. The lowest BCUT2D eigenvalue weighted by Crippen LogP contribution is -2.51. The van der Waals surface area contributed by atoms with Crippen LogP contribution >= 0.6 is 0 Å². The molecule has 0 unspecified atom stereocenters. The van der Waals surface area contributed by atoms with Crippen LogP contribution in [0.25, 0.3) is 22.1 Å². The number of nitrogens with one attached hydrogen (secondary N) is 1. The van der Waals surface area contributed by atoms with Gasteiger partial charge in [-0.3, -0.25) is 14.4 Å². The highest BCUT2D eigenvalue weighted by molar-refractivity contribution is 5.98. The molecule has 2 amide bonds. The minimum absolute atomic E-state index is 0.0726. The number of halogens is 2. The Morgan fingerprint density at radius 3 is 2.59 bits per heavy atom. The van der Waals surface area contributed by atoms with E-state index >= 15 is 0 Å². The van der Waals surface area contributed by atoms with Crippen LogP contribution in [0.2, 0.25) is 0 Å². The van der Waals surface area contributed by atoms with E-state index < -0.39 is 35.3 Å². The maximum Gasteiger partial charge on any atom is 0.269 e. The molecule has 5 rings (SSSR count). The standard InChI is InChI=1S/C31H30F2N2O6/c1-31(2,3)41-34-29(37)27-25(36)11-13-35(27)30(38)20-6-4-5-18(15-20)17-40-21-9-7-19(8-10-21)23-16-24(32)26(33)22-12-14-39-28(22)23/h4-10,12,14-16,25,27,36H,11,13,17H2,1-3H3,(H,34,37)/t25-,27-/m0/s1. The molecule has 1 saturated heterocycles. The number of hydrogen-bond acceptors (Lipinski definition) is 6. The first-order valence-corrected chi connectivity index (χ1v) is 13.2. The van der Waals surface area contributed by atoms with Crippen LogP contribution in [0, 0.1) is 11.6 Å². The van der Waals surface area contributed by atoms with Crippen molar-refractivity contribution in [1.82, 2.24) is 10.4 Å². The fourth-order valence-corrected chi connectivity index (χ4v) is 4.73. The van der Waals surface area contributed by atoms with Crippen LogP contribution in [-0.4, -0.2) is 46.1 Å². The number of hydroxylamine groups is 1. The van der Waals surface area contributed by atoms with Gasteiger partial charge in [-0.1, -0.05) is 24.3 Å². The number of rotatable bonds is 7. The number of nitrogens with zero attached hydrogens (tertiary/aromatic N) is 1. The maximum atomic E-state index is 14.1. The summed E-state index contributed by atoms with van der Waals surface area (Å²) >= 11 is 0. The minimum Gasteiger partial charge on any atom is -0.489 e. The third kappa shape index (κ3) is 6.08. The van der Waals surface area contributed by atoms with Gasteiger partial charge in [0.1, 0.15) is 24.0 Å². The zero-order valence-corrected chi connectivity index (χ0v) is 22.8. The average Bonchev–Trinajstić information content (AvgIpc) is 3.60. The van der Waals surface area contributed by atoms with Crippen molar-refractivity contribution in [2.45, 2.75) is 51.5 Å². The smallest absolute Gasteiger partial charge is 0.269 e. The topological polar surface area (TPSA) is 101 Å². The number of furan rings is 1. The Kier molecular flexibility index (Phi) is 7.79. The third-order valence-corrected chi connectivity index (χ3v) is 6.73. The zero-order valence-electron chi connectivity index (χ0n) is 22.8. The molecule has 10 heteroatoms. The summed E-state index contributed by atoms with van der Waals surface area (Å²) in [6, 6.07) is 15.1. The molecule has 0 radical (unpaired) electrons. The molecular weight excluding hydrogens is 534 g/mol. The van der Waals surface area contributed by atoms with E-state index in [2.05, 4.69) is 5.48 Å². The Hall–Kier alpha value is -4.28. The van der Waals surface area contributed by atoms with Crippen molar-refractivity contribution in [3.63, 3.8) is 0 Å². The Bertz CT molecular complexity index is 1580. The van der Waals surface area contributed by atoms with Gasteiger partial charge in [-0.15, -0.1) is 0 Å². The van der Waals surface area contributed by atoms with Crippen molar-refractivity contribution in [2.24, 2.45) is 0 Å². The van der Waals surface area contributed by atoms with Crippen LogP contribution < -0.4 is 10.2 Å². The number of benzene rings is 3. The molecule has 2 heterocycles. The lowest BCUT2D eigenvalue weighted by atomic mass is 10.0. The monoisotopic (exact) mass is 564 g/mol. The number of ether oxygens (including phenoxy) is 1. The van der Waals surface area contributed by atoms with Crippen LogP contribution in [-0.2, 0) is 16.2 Å². The maximum absolute atomic E-state index is 14.1. The van der Waals surface area contributed by atoms with E-state index in [9.17, 15) is 23.5 Å². The highest BCUT2D eigenvalue weighted by Gasteiger charge is 2.41. The molecule has 8 nitrogen and oxygen atoms in total. The second-order valence-corrected chi connectivity index (χ2v) is 10.9. The van der Waals surface area contributed by atoms with Crippen LogP contribution in [0.15, 0.2) is 71.3 Å². The summed E-state index contributed by atoms with van der Waals surface area (Å²) in [5.41, 5.74) is 4.10. The Morgan fingerprint density at radius 2 is 1.85 bits per heavy atom. The zero-order chi connectivity index (χ0) is 29.3. The van der Waals surface area contributed by atoms with E-state index in [1.165, 1.54) is 17.2 Å². The summed E-state index contributed by atoms with van der Waals surface area (Å²) in [5, 5.41) is 10.5. The van der Waals surface area contributed by atoms with Gasteiger partial charge in [0.2, 0.25) is 0 Å². The van der Waals surface area contributed by atoms with Gasteiger partial charge in [-0.2, -0.15) is 0 Å². The summed E-state index contributed by atoms with van der Waals surface area (Å²) in [4.78, 5) is 32.7. The molecule has 0 aliphatic carbocycles. The predicted octanol–water partition coefficient (Wildman–Crippen LogP) is 5.38. The molecular formula is C31H30F2N2O6.